The van der Waals surface area contributed by atoms with E-state index in [2.05, 4.69) is 111 Å². The number of aromatic nitrogens is 2. The molecule has 0 bridgehead atoms. The van der Waals surface area contributed by atoms with Gasteiger partial charge in [0, 0.05) is 44.0 Å². The van der Waals surface area contributed by atoms with Gasteiger partial charge in [0.1, 0.15) is 5.82 Å². The second kappa shape index (κ2) is 9.97. The molecule has 0 saturated carbocycles. The molecule has 166 valence electrons. The smallest absolute Gasteiger partial charge is 0.147 e. The molecule has 3 aromatic carbocycles. The van der Waals surface area contributed by atoms with Crippen LogP contribution in [0.15, 0.2) is 110 Å². The fourth-order valence-corrected chi connectivity index (χ4v) is 5.08. The third-order valence-electron chi connectivity index (χ3n) is 6.85. The van der Waals surface area contributed by atoms with Crippen molar-refractivity contribution in [2.24, 2.45) is 0 Å². The monoisotopic (exact) mass is 434 g/mol. The van der Waals surface area contributed by atoms with E-state index in [4.69, 9.17) is 0 Å². The van der Waals surface area contributed by atoms with E-state index in [1.54, 1.807) is 12.4 Å². The highest BCUT2D eigenvalue weighted by atomic mass is 15.3. The Morgan fingerprint density at radius 1 is 0.636 bits per heavy atom. The predicted molar refractivity (Wildman–Crippen MR) is 135 cm³/mol. The lowest BCUT2D eigenvalue weighted by Crippen LogP contribution is -2.48. The van der Waals surface area contributed by atoms with Crippen LogP contribution in [0.2, 0.25) is 0 Å². The topological polar surface area (TPSA) is 32.3 Å². The molecule has 4 heteroatoms. The average molecular weight is 435 g/mol. The lowest BCUT2D eigenvalue weighted by Gasteiger charge is -2.40. The van der Waals surface area contributed by atoms with Crippen LogP contribution in [-0.4, -0.2) is 47.6 Å². The standard InChI is InChI=1S/C29H30N4/c1-4-10-25(11-5-1)29(26-12-6-2-7-13-26,27-14-8-3-9-15-27)16-19-32-20-22-33(23-21-32)28-24-30-17-18-31-28/h1-15,17-18,24H,16,19-23H2. The Morgan fingerprint density at radius 2 is 1.15 bits per heavy atom. The van der Waals surface area contributed by atoms with E-state index >= 15 is 0 Å². The predicted octanol–water partition coefficient (Wildman–Crippen LogP) is 5.02. The second-order valence-corrected chi connectivity index (χ2v) is 8.65. The maximum atomic E-state index is 4.48. The van der Waals surface area contributed by atoms with E-state index in [0.717, 1.165) is 45.0 Å². The number of rotatable bonds is 7. The Morgan fingerprint density at radius 3 is 1.61 bits per heavy atom. The van der Waals surface area contributed by atoms with Gasteiger partial charge in [-0.05, 0) is 29.7 Å². The van der Waals surface area contributed by atoms with Gasteiger partial charge in [0.25, 0.3) is 0 Å². The average Bonchev–Trinajstić information content (AvgIpc) is 2.92. The van der Waals surface area contributed by atoms with Crippen LogP contribution in [0, 0.1) is 0 Å². The first-order valence-corrected chi connectivity index (χ1v) is 11.8. The van der Waals surface area contributed by atoms with Crippen LogP contribution < -0.4 is 4.90 Å². The zero-order chi connectivity index (χ0) is 22.3. The number of anilines is 1. The van der Waals surface area contributed by atoms with Crippen molar-refractivity contribution >= 4 is 5.82 Å². The van der Waals surface area contributed by atoms with Crippen molar-refractivity contribution in [3.05, 3.63) is 126 Å². The zero-order valence-electron chi connectivity index (χ0n) is 18.9. The van der Waals surface area contributed by atoms with Gasteiger partial charge >= 0.3 is 0 Å². The van der Waals surface area contributed by atoms with E-state index in [1.807, 2.05) is 6.20 Å². The number of benzene rings is 3. The van der Waals surface area contributed by atoms with Crippen molar-refractivity contribution in [3.63, 3.8) is 0 Å². The summed E-state index contributed by atoms with van der Waals surface area (Å²) in [6, 6.07) is 33.0. The minimum Gasteiger partial charge on any atom is -0.353 e. The van der Waals surface area contributed by atoms with E-state index in [0.29, 0.717) is 0 Å². The minimum absolute atomic E-state index is 0.189. The molecule has 0 radical (unpaired) electrons. The van der Waals surface area contributed by atoms with Crippen molar-refractivity contribution in [2.45, 2.75) is 11.8 Å². The Kier molecular flexibility index (Phi) is 6.45. The molecular formula is C29H30N4. The Labute approximate surface area is 196 Å². The molecule has 1 fully saturated rings. The molecular weight excluding hydrogens is 404 g/mol. The third kappa shape index (κ3) is 4.53. The first-order valence-electron chi connectivity index (χ1n) is 11.8. The molecule has 1 aliphatic rings. The first-order chi connectivity index (χ1) is 16.4. The Hall–Kier alpha value is -3.50. The van der Waals surface area contributed by atoms with Crippen LogP contribution in [0.1, 0.15) is 23.1 Å². The molecule has 2 heterocycles. The van der Waals surface area contributed by atoms with Gasteiger partial charge in [0.05, 0.1) is 6.20 Å². The van der Waals surface area contributed by atoms with Crippen LogP contribution in [0.25, 0.3) is 0 Å². The van der Waals surface area contributed by atoms with Gasteiger partial charge in [0.15, 0.2) is 0 Å². The number of nitrogens with zero attached hydrogens (tertiary/aromatic N) is 4. The summed E-state index contributed by atoms with van der Waals surface area (Å²) in [5, 5.41) is 0. The first kappa shape index (κ1) is 21.4. The second-order valence-electron chi connectivity index (χ2n) is 8.65. The summed E-state index contributed by atoms with van der Waals surface area (Å²) in [6.07, 6.45) is 6.39. The summed E-state index contributed by atoms with van der Waals surface area (Å²) in [6.45, 7) is 5.06. The summed E-state index contributed by atoms with van der Waals surface area (Å²) < 4.78 is 0. The Bertz CT molecular complexity index is 1010. The van der Waals surface area contributed by atoms with Crippen molar-refractivity contribution in [2.75, 3.05) is 37.6 Å². The highest BCUT2D eigenvalue weighted by molar-refractivity contribution is 5.50. The lowest BCUT2D eigenvalue weighted by atomic mass is 9.67. The van der Waals surface area contributed by atoms with Gasteiger partial charge < -0.3 is 4.90 Å². The van der Waals surface area contributed by atoms with Gasteiger partial charge in [-0.2, -0.15) is 0 Å². The highest BCUT2D eigenvalue weighted by Crippen LogP contribution is 2.42. The van der Waals surface area contributed by atoms with Crippen molar-refractivity contribution in [3.8, 4) is 0 Å². The molecule has 1 saturated heterocycles. The summed E-state index contributed by atoms with van der Waals surface area (Å²) in [5.74, 6) is 0.976. The molecule has 0 atom stereocenters. The molecule has 4 aromatic rings. The van der Waals surface area contributed by atoms with E-state index in [-0.39, 0.29) is 5.41 Å². The Balaban J connectivity index is 1.42. The number of hydrogen-bond donors (Lipinski definition) is 0. The largest absolute Gasteiger partial charge is 0.353 e. The fourth-order valence-electron chi connectivity index (χ4n) is 5.08. The van der Waals surface area contributed by atoms with Crippen molar-refractivity contribution < 1.29 is 0 Å². The molecule has 33 heavy (non-hydrogen) atoms. The molecule has 4 nitrogen and oxygen atoms in total. The van der Waals surface area contributed by atoms with Crippen molar-refractivity contribution in [1.82, 2.24) is 14.9 Å². The quantitative estimate of drug-likeness (QED) is 0.382. The van der Waals surface area contributed by atoms with Crippen LogP contribution in [0.3, 0.4) is 0 Å². The zero-order valence-corrected chi connectivity index (χ0v) is 18.9. The van der Waals surface area contributed by atoms with Crippen molar-refractivity contribution in [1.29, 1.82) is 0 Å². The molecule has 0 unspecified atom stereocenters. The molecule has 0 amide bonds. The highest BCUT2D eigenvalue weighted by Gasteiger charge is 2.36. The van der Waals surface area contributed by atoms with E-state index in [1.165, 1.54) is 16.7 Å². The SMILES string of the molecule is c1ccc(C(CCN2CCN(c3cnccn3)CC2)(c2ccccc2)c2ccccc2)cc1. The van der Waals surface area contributed by atoms with Crippen LogP contribution in [0.5, 0.6) is 0 Å². The van der Waals surface area contributed by atoms with E-state index < -0.39 is 0 Å². The maximum Gasteiger partial charge on any atom is 0.147 e. The maximum absolute atomic E-state index is 4.48. The number of piperazine rings is 1. The third-order valence-corrected chi connectivity index (χ3v) is 6.85. The summed E-state index contributed by atoms with van der Waals surface area (Å²) >= 11 is 0. The van der Waals surface area contributed by atoms with Gasteiger partial charge in [-0.25, -0.2) is 4.98 Å². The van der Waals surface area contributed by atoms with Crippen LogP contribution in [0.4, 0.5) is 5.82 Å². The molecule has 0 spiro atoms. The number of hydrogen-bond acceptors (Lipinski definition) is 4. The van der Waals surface area contributed by atoms with Gasteiger partial charge in [-0.1, -0.05) is 91.0 Å². The van der Waals surface area contributed by atoms with Gasteiger partial charge in [-0.3, -0.25) is 9.88 Å². The molecule has 5 rings (SSSR count). The van der Waals surface area contributed by atoms with Crippen LogP contribution in [-0.2, 0) is 5.41 Å². The fraction of sp³-hybridized carbons (Fsp3) is 0.241. The lowest BCUT2D eigenvalue weighted by molar-refractivity contribution is 0.242. The molecule has 1 aliphatic heterocycles. The van der Waals surface area contributed by atoms with Crippen LogP contribution >= 0.6 is 0 Å². The minimum atomic E-state index is -0.189. The summed E-state index contributed by atoms with van der Waals surface area (Å²) in [7, 11) is 0. The molecule has 0 aliphatic carbocycles. The molecule has 1 aromatic heterocycles. The van der Waals surface area contributed by atoms with Gasteiger partial charge in [0.2, 0.25) is 0 Å². The normalized spacial score (nSPS) is 14.8. The van der Waals surface area contributed by atoms with E-state index in [9.17, 15) is 0 Å². The summed E-state index contributed by atoms with van der Waals surface area (Å²) in [4.78, 5) is 13.6. The summed E-state index contributed by atoms with van der Waals surface area (Å²) in [5.41, 5.74) is 3.85. The van der Waals surface area contributed by atoms with Gasteiger partial charge in [-0.15, -0.1) is 0 Å². The molecule has 0 N–H and O–H groups in total.